The summed E-state index contributed by atoms with van der Waals surface area (Å²) >= 11 is 1.87. The van der Waals surface area contributed by atoms with Gasteiger partial charge in [-0.05, 0) is 99.6 Å². The highest BCUT2D eigenvalue weighted by Gasteiger charge is 2.23. The van der Waals surface area contributed by atoms with Gasteiger partial charge in [-0.1, -0.05) is 182 Å². The third-order valence-corrected chi connectivity index (χ3v) is 14.3. The topological polar surface area (TPSA) is 21.3 Å². The van der Waals surface area contributed by atoms with Gasteiger partial charge in [0.2, 0.25) is 5.71 Å². The number of hydrogen-bond acceptors (Lipinski definition) is 3. The highest BCUT2D eigenvalue weighted by molar-refractivity contribution is 7.26. The Morgan fingerprint density at radius 2 is 0.894 bits per heavy atom. The lowest BCUT2D eigenvalue weighted by Gasteiger charge is -2.26. The first kappa shape index (κ1) is 38.1. The number of anilines is 3. The Morgan fingerprint density at radius 1 is 0.364 bits per heavy atom. The van der Waals surface area contributed by atoms with Gasteiger partial charge in [0.15, 0.2) is 0 Å². The smallest absolute Gasteiger partial charge is 0.213 e. The zero-order valence-electron chi connectivity index (χ0n) is 35.8. The predicted molar refractivity (Wildman–Crippen MR) is 280 cm³/mol. The third-order valence-electron chi connectivity index (χ3n) is 13.0. The number of thiophene rings is 1. The molecule has 0 radical (unpaired) electrons. The van der Waals surface area contributed by atoms with Gasteiger partial charge in [0.05, 0.1) is 10.9 Å². The molecule has 10 aromatic carbocycles. The van der Waals surface area contributed by atoms with Crippen LogP contribution in [0, 0.1) is 0 Å². The second-order valence-electron chi connectivity index (χ2n) is 16.9. The maximum absolute atomic E-state index is 6.66. The number of benzene rings is 10. The van der Waals surface area contributed by atoms with E-state index >= 15 is 0 Å². The summed E-state index contributed by atoms with van der Waals surface area (Å²) in [6.45, 7) is 0. The van der Waals surface area contributed by atoms with Crippen LogP contribution in [-0.2, 0) is 0 Å². The quantitative estimate of drug-likeness (QED) is 0.152. The molecule has 310 valence electrons. The zero-order chi connectivity index (χ0) is 43.6. The van der Waals surface area contributed by atoms with Crippen LogP contribution in [0.4, 0.5) is 17.1 Å². The molecule has 0 bridgehead atoms. The largest absolute Gasteiger partial charge is 0.439 e. The Kier molecular flexibility index (Phi) is 9.03. The summed E-state index contributed by atoms with van der Waals surface area (Å²) in [7, 11) is 0. The summed E-state index contributed by atoms with van der Waals surface area (Å²) < 4.78 is 11.6. The van der Waals surface area contributed by atoms with Crippen LogP contribution < -0.4 is 4.90 Å². The molecule has 0 aliphatic rings. The fourth-order valence-corrected chi connectivity index (χ4v) is 11.1. The van der Waals surface area contributed by atoms with Crippen molar-refractivity contribution in [3.63, 3.8) is 0 Å². The van der Waals surface area contributed by atoms with Gasteiger partial charge in [-0.2, -0.15) is 0 Å². The van der Waals surface area contributed by atoms with Crippen molar-refractivity contribution in [2.75, 3.05) is 4.90 Å². The molecule has 13 aromatic rings. The fraction of sp³-hybridized carbons (Fsp3) is 0. The number of nitrogens with zero attached hydrogens (tertiary/aromatic N) is 2. The number of para-hydroxylation sites is 3. The van der Waals surface area contributed by atoms with E-state index in [1.807, 2.05) is 17.4 Å². The molecule has 0 fully saturated rings. The molecule has 66 heavy (non-hydrogen) atoms. The van der Waals surface area contributed by atoms with Crippen molar-refractivity contribution in [1.29, 1.82) is 0 Å². The Morgan fingerprint density at radius 3 is 1.62 bits per heavy atom. The van der Waals surface area contributed by atoms with Crippen molar-refractivity contribution in [3.8, 4) is 50.2 Å². The van der Waals surface area contributed by atoms with E-state index in [0.29, 0.717) is 0 Å². The molecule has 4 heteroatoms. The third kappa shape index (κ3) is 6.34. The molecule has 13 rings (SSSR count). The summed E-state index contributed by atoms with van der Waals surface area (Å²) in [6.07, 6.45) is 0. The molecular weight excluding hydrogens is 821 g/mol. The number of fused-ring (bicyclic) bond motifs is 8. The van der Waals surface area contributed by atoms with E-state index in [0.717, 1.165) is 61.5 Å². The highest BCUT2D eigenvalue weighted by Crippen LogP contribution is 2.45. The van der Waals surface area contributed by atoms with Crippen molar-refractivity contribution in [2.45, 2.75) is 0 Å². The molecule has 3 heterocycles. The minimum Gasteiger partial charge on any atom is -0.439 e. The number of rotatable bonds is 8. The molecule has 0 unspecified atom stereocenters. The van der Waals surface area contributed by atoms with Crippen LogP contribution in [0.1, 0.15) is 0 Å². The normalized spacial score (nSPS) is 11.6. The van der Waals surface area contributed by atoms with Crippen LogP contribution in [0.3, 0.4) is 0 Å². The van der Waals surface area contributed by atoms with E-state index in [9.17, 15) is 0 Å². The Balaban J connectivity index is 0.935. The first-order valence-corrected chi connectivity index (χ1v) is 23.2. The zero-order valence-corrected chi connectivity index (χ0v) is 36.6. The van der Waals surface area contributed by atoms with Crippen molar-refractivity contribution >= 4 is 81.5 Å². The summed E-state index contributed by atoms with van der Waals surface area (Å²) in [5, 5.41) is 6.03. The van der Waals surface area contributed by atoms with Gasteiger partial charge in [0.25, 0.3) is 0 Å². The van der Waals surface area contributed by atoms with Crippen LogP contribution in [0.2, 0.25) is 0 Å². The lowest BCUT2D eigenvalue weighted by molar-refractivity contribution is 0.645. The first-order valence-electron chi connectivity index (χ1n) is 22.4. The monoisotopic (exact) mass is 860 g/mol. The average Bonchev–Trinajstić information content (AvgIpc) is 4.07. The second kappa shape index (κ2) is 15.7. The fourth-order valence-electron chi connectivity index (χ4n) is 9.91. The van der Waals surface area contributed by atoms with Crippen LogP contribution in [-0.4, -0.2) is 4.57 Å². The molecule has 0 atom stereocenters. The summed E-state index contributed by atoms with van der Waals surface area (Å²) in [4.78, 5) is 2.38. The average molecular weight is 861 g/mol. The molecular formula is C62H40N2OS. The van der Waals surface area contributed by atoms with Crippen LogP contribution in [0.15, 0.2) is 247 Å². The van der Waals surface area contributed by atoms with E-state index in [1.165, 1.54) is 58.9 Å². The van der Waals surface area contributed by atoms with E-state index in [2.05, 4.69) is 246 Å². The second-order valence-corrected chi connectivity index (χ2v) is 17.9. The summed E-state index contributed by atoms with van der Waals surface area (Å²) in [5.74, 6) is 0. The maximum Gasteiger partial charge on any atom is 0.213 e. The molecule has 0 aliphatic heterocycles. The van der Waals surface area contributed by atoms with E-state index < -0.39 is 0 Å². The van der Waals surface area contributed by atoms with Gasteiger partial charge in [0.1, 0.15) is 5.58 Å². The van der Waals surface area contributed by atoms with Gasteiger partial charge in [-0.3, -0.25) is 4.57 Å². The Hall–Kier alpha value is -8.44. The van der Waals surface area contributed by atoms with Crippen molar-refractivity contribution in [1.82, 2.24) is 4.57 Å². The molecule has 0 aliphatic carbocycles. The lowest BCUT2D eigenvalue weighted by atomic mass is 9.99. The van der Waals surface area contributed by atoms with E-state index in [1.54, 1.807) is 0 Å². The Labute approximate surface area is 386 Å². The molecule has 0 saturated heterocycles. The van der Waals surface area contributed by atoms with E-state index in [4.69, 9.17) is 4.42 Å². The summed E-state index contributed by atoms with van der Waals surface area (Å²) in [5.41, 5.74) is 16.7. The van der Waals surface area contributed by atoms with Gasteiger partial charge < -0.3 is 9.32 Å². The van der Waals surface area contributed by atoms with Crippen molar-refractivity contribution < 1.29 is 4.42 Å². The summed E-state index contributed by atoms with van der Waals surface area (Å²) in [6, 6.07) is 87.5. The first-order chi connectivity index (χ1) is 32.7. The SMILES string of the molecule is c1ccc(-c2ccc(-c3ccc(N(c4ccc(-c5cccc6c7c8ccccc8oc7n(-c7ccccc7)c56)cc4)c4cccc(-c5cccc6c5sc5ccccc56)c4)cc3)cc2)cc1. The molecule has 0 saturated carbocycles. The highest BCUT2D eigenvalue weighted by atomic mass is 32.1. The van der Waals surface area contributed by atoms with Gasteiger partial charge >= 0.3 is 0 Å². The molecule has 0 spiro atoms. The standard InChI is InChI=1S/C62H40N2OS/c1-3-14-41(15-4-1)42-28-30-43(31-29-42)44-32-36-48(37-33-44)63(50-19-11-16-46(40-50)52-23-13-24-54-53-20-8-10-27-58(53)66-61(52)54)49-38-34-45(35-39-49)51-22-12-25-56-59-55-21-7-9-26-57(55)65-62(59)64(60(51)56)47-17-5-2-6-18-47/h1-40H. The molecule has 0 amide bonds. The molecule has 0 N–H and O–H groups in total. The van der Waals surface area contributed by atoms with Gasteiger partial charge in [-0.15, -0.1) is 11.3 Å². The van der Waals surface area contributed by atoms with Gasteiger partial charge in [-0.25, -0.2) is 0 Å². The van der Waals surface area contributed by atoms with Crippen LogP contribution in [0.5, 0.6) is 0 Å². The minimum atomic E-state index is 0.856. The lowest BCUT2D eigenvalue weighted by Crippen LogP contribution is -2.10. The predicted octanol–water partition coefficient (Wildman–Crippen LogP) is 18.0. The van der Waals surface area contributed by atoms with Crippen LogP contribution in [0.25, 0.3) is 103 Å². The number of hydrogen-bond donors (Lipinski definition) is 0. The minimum absolute atomic E-state index is 0.856. The number of aromatic nitrogens is 1. The maximum atomic E-state index is 6.66. The van der Waals surface area contributed by atoms with Gasteiger partial charge in [0, 0.05) is 59.3 Å². The molecule has 3 aromatic heterocycles. The Bertz CT molecular complexity index is 3900. The van der Waals surface area contributed by atoms with Crippen LogP contribution >= 0.6 is 11.3 Å². The number of furan rings is 1. The van der Waals surface area contributed by atoms with Crippen molar-refractivity contribution in [3.05, 3.63) is 243 Å². The van der Waals surface area contributed by atoms with E-state index in [-0.39, 0.29) is 0 Å². The van der Waals surface area contributed by atoms with Crippen molar-refractivity contribution in [2.24, 2.45) is 0 Å². The molecule has 3 nitrogen and oxygen atoms in total.